The first kappa shape index (κ1) is 15.2. The van der Waals surface area contributed by atoms with Gasteiger partial charge in [-0.15, -0.1) is 0 Å². The van der Waals surface area contributed by atoms with Gasteiger partial charge in [-0.1, -0.05) is 60.7 Å². The monoisotopic (exact) mass is 336 g/mol. The van der Waals surface area contributed by atoms with E-state index in [1.165, 1.54) is 43.9 Å². The van der Waals surface area contributed by atoms with E-state index < -0.39 is 0 Å². The minimum Gasteiger partial charge on any atom is -0.298 e. The van der Waals surface area contributed by atoms with Gasteiger partial charge >= 0.3 is 0 Å². The van der Waals surface area contributed by atoms with E-state index in [9.17, 15) is 0 Å². The standard InChI is InChI=1S/C24H20N2/c1-15-8-6-9-16(2)22(15)21-14-26-23-17(3)10-7-13-19(23)18-11-4-5-12-20(18)24(26)25-21/h4-14H,1-3H3. The van der Waals surface area contributed by atoms with Gasteiger partial charge in [0.1, 0.15) is 5.65 Å². The molecule has 0 bridgehead atoms. The molecule has 26 heavy (non-hydrogen) atoms. The van der Waals surface area contributed by atoms with Crippen LogP contribution in [0, 0.1) is 20.8 Å². The van der Waals surface area contributed by atoms with Gasteiger partial charge < -0.3 is 0 Å². The van der Waals surface area contributed by atoms with Crippen molar-refractivity contribution in [2.24, 2.45) is 0 Å². The average Bonchev–Trinajstić information content (AvgIpc) is 3.06. The summed E-state index contributed by atoms with van der Waals surface area (Å²) in [6, 6.07) is 21.5. The molecule has 0 fully saturated rings. The molecule has 2 aromatic heterocycles. The van der Waals surface area contributed by atoms with E-state index in [1.54, 1.807) is 0 Å². The smallest absolute Gasteiger partial charge is 0.145 e. The number of hydrogen-bond donors (Lipinski definition) is 0. The number of aromatic nitrogens is 2. The van der Waals surface area contributed by atoms with Crippen molar-refractivity contribution in [3.05, 3.63) is 83.6 Å². The first-order valence-electron chi connectivity index (χ1n) is 9.01. The Bertz CT molecular complexity index is 1290. The molecule has 0 radical (unpaired) electrons. The zero-order chi connectivity index (χ0) is 17.8. The number of fused-ring (bicyclic) bond motifs is 6. The lowest BCUT2D eigenvalue weighted by atomic mass is 10.0. The lowest BCUT2D eigenvalue weighted by molar-refractivity contribution is 1.25. The van der Waals surface area contributed by atoms with Gasteiger partial charge in [-0.3, -0.25) is 4.40 Å². The number of aryl methyl sites for hydroxylation is 3. The fraction of sp³-hybridized carbons (Fsp3) is 0.125. The highest BCUT2D eigenvalue weighted by Crippen LogP contribution is 2.34. The van der Waals surface area contributed by atoms with Crippen molar-refractivity contribution >= 4 is 27.3 Å². The van der Waals surface area contributed by atoms with E-state index in [0.29, 0.717) is 0 Å². The van der Waals surface area contributed by atoms with Crippen LogP contribution in [0.1, 0.15) is 16.7 Å². The maximum absolute atomic E-state index is 5.09. The maximum atomic E-state index is 5.09. The third kappa shape index (κ3) is 2.02. The Morgan fingerprint density at radius 2 is 1.27 bits per heavy atom. The predicted octanol–water partition coefficient (Wildman–Crippen LogP) is 6.23. The number of benzene rings is 3. The summed E-state index contributed by atoms with van der Waals surface area (Å²) in [5, 5.41) is 3.74. The van der Waals surface area contributed by atoms with Crippen LogP contribution in [0.3, 0.4) is 0 Å². The second kappa shape index (κ2) is 5.43. The molecule has 0 spiro atoms. The van der Waals surface area contributed by atoms with Crippen LogP contribution in [0.2, 0.25) is 0 Å². The Morgan fingerprint density at radius 3 is 2.04 bits per heavy atom. The Labute approximate surface area is 152 Å². The molecule has 0 atom stereocenters. The van der Waals surface area contributed by atoms with E-state index in [1.807, 2.05) is 0 Å². The SMILES string of the molecule is Cc1cccc(C)c1-c1cn2c(n1)c1ccccc1c1cccc(C)c12. The topological polar surface area (TPSA) is 17.3 Å². The molecule has 0 N–H and O–H groups in total. The molecular formula is C24H20N2. The van der Waals surface area contributed by atoms with Crippen LogP contribution < -0.4 is 0 Å². The fourth-order valence-electron chi connectivity index (χ4n) is 4.19. The van der Waals surface area contributed by atoms with Gasteiger partial charge in [-0.05, 0) is 42.8 Å². The van der Waals surface area contributed by atoms with Crippen molar-refractivity contribution in [1.82, 2.24) is 9.38 Å². The molecule has 126 valence electrons. The highest BCUT2D eigenvalue weighted by atomic mass is 15.0. The van der Waals surface area contributed by atoms with Gasteiger partial charge in [0.05, 0.1) is 11.2 Å². The van der Waals surface area contributed by atoms with Gasteiger partial charge in [-0.2, -0.15) is 0 Å². The number of imidazole rings is 1. The van der Waals surface area contributed by atoms with Crippen LogP contribution in [0.5, 0.6) is 0 Å². The Hall–Kier alpha value is -3.13. The Kier molecular flexibility index (Phi) is 3.17. The second-order valence-corrected chi connectivity index (χ2v) is 7.10. The van der Waals surface area contributed by atoms with Crippen LogP contribution in [-0.4, -0.2) is 9.38 Å². The van der Waals surface area contributed by atoms with Gasteiger partial charge in [0.15, 0.2) is 0 Å². The normalized spacial score (nSPS) is 11.7. The third-order valence-electron chi connectivity index (χ3n) is 5.38. The molecule has 0 aliphatic rings. The average molecular weight is 336 g/mol. The van der Waals surface area contributed by atoms with Crippen molar-refractivity contribution < 1.29 is 0 Å². The molecule has 2 nitrogen and oxygen atoms in total. The molecule has 5 rings (SSSR count). The summed E-state index contributed by atoms with van der Waals surface area (Å²) >= 11 is 0. The van der Waals surface area contributed by atoms with E-state index >= 15 is 0 Å². The molecule has 0 amide bonds. The summed E-state index contributed by atoms with van der Waals surface area (Å²) in [6.45, 7) is 6.50. The van der Waals surface area contributed by atoms with E-state index in [2.05, 4.69) is 92.0 Å². The van der Waals surface area contributed by atoms with Crippen LogP contribution >= 0.6 is 0 Å². The van der Waals surface area contributed by atoms with Gasteiger partial charge in [0.25, 0.3) is 0 Å². The van der Waals surface area contributed by atoms with Crippen molar-refractivity contribution in [2.45, 2.75) is 20.8 Å². The highest BCUT2D eigenvalue weighted by molar-refractivity contribution is 6.12. The third-order valence-corrected chi connectivity index (χ3v) is 5.38. The largest absolute Gasteiger partial charge is 0.298 e. The minimum atomic E-state index is 1.03. The number of pyridine rings is 1. The van der Waals surface area contributed by atoms with Gasteiger partial charge in [0.2, 0.25) is 0 Å². The summed E-state index contributed by atoms with van der Waals surface area (Å²) in [4.78, 5) is 5.09. The molecular weight excluding hydrogens is 316 g/mol. The number of hydrogen-bond acceptors (Lipinski definition) is 1. The van der Waals surface area contributed by atoms with Crippen LogP contribution in [-0.2, 0) is 0 Å². The first-order valence-corrected chi connectivity index (χ1v) is 9.01. The minimum absolute atomic E-state index is 1.03. The lowest BCUT2D eigenvalue weighted by Gasteiger charge is -2.09. The zero-order valence-electron chi connectivity index (χ0n) is 15.2. The van der Waals surface area contributed by atoms with E-state index in [0.717, 1.165) is 11.3 Å². The van der Waals surface area contributed by atoms with Crippen LogP contribution in [0.25, 0.3) is 38.6 Å². The molecule has 5 aromatic rings. The zero-order valence-corrected chi connectivity index (χ0v) is 15.2. The molecule has 0 unspecified atom stereocenters. The maximum Gasteiger partial charge on any atom is 0.145 e. The molecule has 3 aromatic carbocycles. The number of para-hydroxylation sites is 1. The molecule has 0 aliphatic carbocycles. The summed E-state index contributed by atoms with van der Waals surface area (Å²) < 4.78 is 2.27. The van der Waals surface area contributed by atoms with Crippen molar-refractivity contribution in [2.75, 3.05) is 0 Å². The molecule has 0 aliphatic heterocycles. The molecule has 2 heteroatoms. The van der Waals surface area contributed by atoms with Crippen LogP contribution in [0.4, 0.5) is 0 Å². The van der Waals surface area contributed by atoms with Gasteiger partial charge in [-0.25, -0.2) is 4.98 Å². The van der Waals surface area contributed by atoms with E-state index in [4.69, 9.17) is 4.98 Å². The lowest BCUT2D eigenvalue weighted by Crippen LogP contribution is -1.92. The van der Waals surface area contributed by atoms with Crippen molar-refractivity contribution in [3.8, 4) is 11.3 Å². The summed E-state index contributed by atoms with van der Waals surface area (Å²) in [5.41, 5.74) is 8.34. The molecule has 0 saturated carbocycles. The van der Waals surface area contributed by atoms with Crippen molar-refractivity contribution in [3.63, 3.8) is 0 Å². The summed E-state index contributed by atoms with van der Waals surface area (Å²) in [6.07, 6.45) is 2.20. The van der Waals surface area contributed by atoms with E-state index in [-0.39, 0.29) is 0 Å². The van der Waals surface area contributed by atoms with Crippen molar-refractivity contribution in [1.29, 1.82) is 0 Å². The fourth-order valence-corrected chi connectivity index (χ4v) is 4.19. The second-order valence-electron chi connectivity index (χ2n) is 7.10. The Morgan fingerprint density at radius 1 is 0.654 bits per heavy atom. The summed E-state index contributed by atoms with van der Waals surface area (Å²) in [7, 11) is 0. The quantitative estimate of drug-likeness (QED) is 0.332. The predicted molar refractivity (Wildman–Crippen MR) is 110 cm³/mol. The molecule has 0 saturated heterocycles. The number of nitrogens with zero attached hydrogens (tertiary/aromatic N) is 2. The molecule has 2 heterocycles. The first-order chi connectivity index (χ1) is 12.6. The van der Waals surface area contributed by atoms with Gasteiger partial charge in [0, 0.05) is 22.5 Å². The summed E-state index contributed by atoms with van der Waals surface area (Å²) in [5.74, 6) is 0. The Balaban J connectivity index is 2.01. The van der Waals surface area contributed by atoms with Crippen LogP contribution in [0.15, 0.2) is 66.9 Å². The highest BCUT2D eigenvalue weighted by Gasteiger charge is 2.15. The number of rotatable bonds is 1.